The molecule has 2 aromatic heterocycles. The van der Waals surface area contributed by atoms with Crippen LogP contribution >= 0.6 is 0 Å². The Morgan fingerprint density at radius 2 is 2.07 bits per heavy atom. The van der Waals surface area contributed by atoms with Crippen molar-refractivity contribution in [2.45, 2.75) is 25.3 Å². The molecule has 1 aromatic carbocycles. The molecule has 0 spiro atoms. The van der Waals surface area contributed by atoms with Crippen LogP contribution in [-0.4, -0.2) is 53.3 Å². The van der Waals surface area contributed by atoms with E-state index in [0.717, 1.165) is 24.5 Å². The molecule has 3 aromatic rings. The van der Waals surface area contributed by atoms with Crippen LogP contribution in [0, 0.1) is 0 Å². The SMILES string of the molecule is Cn1c(Cn2ccnc2)nnc1C1CCN(C(=O)c2cccc(O)c2)CC1. The van der Waals surface area contributed by atoms with E-state index in [1.54, 1.807) is 30.7 Å². The highest BCUT2D eigenvalue weighted by Gasteiger charge is 2.28. The van der Waals surface area contributed by atoms with Crippen LogP contribution in [0.3, 0.4) is 0 Å². The molecular formula is C19H22N6O2. The summed E-state index contributed by atoms with van der Waals surface area (Å²) in [5, 5.41) is 18.3. The van der Waals surface area contributed by atoms with Crippen molar-refractivity contribution in [2.24, 2.45) is 7.05 Å². The smallest absolute Gasteiger partial charge is 0.253 e. The zero-order valence-electron chi connectivity index (χ0n) is 15.2. The molecule has 0 aliphatic carbocycles. The highest BCUT2D eigenvalue weighted by atomic mass is 16.3. The molecule has 1 aliphatic rings. The molecule has 1 saturated heterocycles. The number of likely N-dealkylation sites (tertiary alicyclic amines) is 1. The van der Waals surface area contributed by atoms with Gasteiger partial charge in [0, 0.05) is 44.0 Å². The molecule has 140 valence electrons. The van der Waals surface area contributed by atoms with E-state index in [9.17, 15) is 9.90 Å². The van der Waals surface area contributed by atoms with Gasteiger partial charge in [-0.15, -0.1) is 10.2 Å². The summed E-state index contributed by atoms with van der Waals surface area (Å²) in [4.78, 5) is 18.5. The summed E-state index contributed by atoms with van der Waals surface area (Å²) >= 11 is 0. The van der Waals surface area contributed by atoms with Gasteiger partial charge in [0.25, 0.3) is 5.91 Å². The summed E-state index contributed by atoms with van der Waals surface area (Å²) in [7, 11) is 1.99. The van der Waals surface area contributed by atoms with Crippen molar-refractivity contribution in [3.05, 3.63) is 60.2 Å². The minimum Gasteiger partial charge on any atom is -0.508 e. The molecule has 1 fully saturated rings. The highest BCUT2D eigenvalue weighted by Crippen LogP contribution is 2.28. The lowest BCUT2D eigenvalue weighted by Gasteiger charge is -2.31. The van der Waals surface area contributed by atoms with Gasteiger partial charge in [-0.05, 0) is 31.0 Å². The van der Waals surface area contributed by atoms with Crippen molar-refractivity contribution in [3.8, 4) is 5.75 Å². The number of nitrogens with zero attached hydrogens (tertiary/aromatic N) is 6. The second-order valence-electron chi connectivity index (χ2n) is 6.89. The van der Waals surface area contributed by atoms with Gasteiger partial charge in [-0.3, -0.25) is 4.79 Å². The van der Waals surface area contributed by atoms with Crippen LogP contribution < -0.4 is 0 Å². The number of benzene rings is 1. The second kappa shape index (κ2) is 7.22. The molecule has 4 rings (SSSR count). The molecule has 0 saturated carbocycles. The van der Waals surface area contributed by atoms with Gasteiger partial charge in [0.15, 0.2) is 5.82 Å². The maximum atomic E-state index is 12.6. The number of aromatic hydroxyl groups is 1. The normalized spacial score (nSPS) is 15.2. The number of phenolic OH excluding ortho intramolecular Hbond substituents is 1. The quantitative estimate of drug-likeness (QED) is 0.760. The van der Waals surface area contributed by atoms with E-state index in [0.29, 0.717) is 25.2 Å². The number of carbonyl (C=O) groups excluding carboxylic acids is 1. The maximum Gasteiger partial charge on any atom is 0.253 e. The van der Waals surface area contributed by atoms with Gasteiger partial charge in [-0.1, -0.05) is 6.07 Å². The fraction of sp³-hybridized carbons (Fsp3) is 0.368. The summed E-state index contributed by atoms with van der Waals surface area (Å²) in [6, 6.07) is 6.51. The minimum absolute atomic E-state index is 0.0388. The lowest BCUT2D eigenvalue weighted by molar-refractivity contribution is 0.0710. The lowest BCUT2D eigenvalue weighted by Crippen LogP contribution is -2.38. The molecule has 27 heavy (non-hydrogen) atoms. The number of hydrogen-bond acceptors (Lipinski definition) is 5. The Hall–Kier alpha value is -3.16. The first-order valence-electron chi connectivity index (χ1n) is 9.04. The number of carbonyl (C=O) groups is 1. The monoisotopic (exact) mass is 366 g/mol. The van der Waals surface area contributed by atoms with Crippen molar-refractivity contribution in [2.75, 3.05) is 13.1 Å². The first-order chi connectivity index (χ1) is 13.1. The van der Waals surface area contributed by atoms with Gasteiger partial charge in [0.05, 0.1) is 12.9 Å². The van der Waals surface area contributed by atoms with Crippen LogP contribution in [0.15, 0.2) is 43.0 Å². The van der Waals surface area contributed by atoms with E-state index < -0.39 is 0 Å². The number of phenols is 1. The molecular weight excluding hydrogens is 344 g/mol. The van der Waals surface area contributed by atoms with E-state index in [-0.39, 0.29) is 17.6 Å². The summed E-state index contributed by atoms with van der Waals surface area (Å²) in [6.45, 7) is 1.98. The third kappa shape index (κ3) is 3.55. The van der Waals surface area contributed by atoms with E-state index in [1.807, 2.05) is 22.7 Å². The van der Waals surface area contributed by atoms with Gasteiger partial charge in [-0.25, -0.2) is 4.98 Å². The number of rotatable bonds is 4. The lowest BCUT2D eigenvalue weighted by atomic mass is 9.95. The third-order valence-electron chi connectivity index (χ3n) is 5.12. The first kappa shape index (κ1) is 17.3. The van der Waals surface area contributed by atoms with E-state index >= 15 is 0 Å². The number of piperidine rings is 1. The first-order valence-corrected chi connectivity index (χ1v) is 9.04. The molecule has 1 N–H and O–H groups in total. The predicted octanol–water partition coefficient (Wildman–Crippen LogP) is 1.79. The topological polar surface area (TPSA) is 89.1 Å². The van der Waals surface area contributed by atoms with Crippen molar-refractivity contribution in [1.82, 2.24) is 29.2 Å². The van der Waals surface area contributed by atoms with E-state index in [2.05, 4.69) is 19.7 Å². The van der Waals surface area contributed by atoms with Crippen LogP contribution in [0.5, 0.6) is 5.75 Å². The largest absolute Gasteiger partial charge is 0.508 e. The molecule has 0 unspecified atom stereocenters. The molecule has 0 bridgehead atoms. The maximum absolute atomic E-state index is 12.6. The third-order valence-corrected chi connectivity index (χ3v) is 5.12. The van der Waals surface area contributed by atoms with Gasteiger partial charge in [0.2, 0.25) is 0 Å². The average Bonchev–Trinajstić information content (AvgIpc) is 3.32. The van der Waals surface area contributed by atoms with E-state index in [1.165, 1.54) is 6.07 Å². The van der Waals surface area contributed by atoms with Crippen molar-refractivity contribution in [3.63, 3.8) is 0 Å². The van der Waals surface area contributed by atoms with Crippen LogP contribution in [0.2, 0.25) is 0 Å². The molecule has 0 atom stereocenters. The van der Waals surface area contributed by atoms with Crippen LogP contribution in [0.4, 0.5) is 0 Å². The van der Waals surface area contributed by atoms with Gasteiger partial charge in [0.1, 0.15) is 11.6 Å². The summed E-state index contributed by atoms with van der Waals surface area (Å²) in [5.41, 5.74) is 0.523. The van der Waals surface area contributed by atoms with Gasteiger partial charge >= 0.3 is 0 Å². The van der Waals surface area contributed by atoms with Crippen LogP contribution in [0.25, 0.3) is 0 Å². The van der Waals surface area contributed by atoms with Gasteiger partial charge in [-0.2, -0.15) is 0 Å². The predicted molar refractivity (Wildman–Crippen MR) is 98.3 cm³/mol. The highest BCUT2D eigenvalue weighted by molar-refractivity contribution is 5.94. The molecule has 1 amide bonds. The van der Waals surface area contributed by atoms with Crippen molar-refractivity contribution < 1.29 is 9.90 Å². The zero-order valence-corrected chi connectivity index (χ0v) is 15.2. The zero-order chi connectivity index (χ0) is 18.8. The average molecular weight is 366 g/mol. The number of imidazole rings is 1. The summed E-state index contributed by atoms with van der Waals surface area (Å²) < 4.78 is 4.02. The second-order valence-corrected chi connectivity index (χ2v) is 6.89. The Morgan fingerprint density at radius 3 is 2.78 bits per heavy atom. The fourth-order valence-corrected chi connectivity index (χ4v) is 3.57. The Labute approximate surface area is 157 Å². The Kier molecular flexibility index (Phi) is 4.62. The summed E-state index contributed by atoms with van der Waals surface area (Å²) in [5.74, 6) is 2.21. The van der Waals surface area contributed by atoms with Gasteiger partial charge < -0.3 is 19.1 Å². The number of hydrogen-bond donors (Lipinski definition) is 1. The summed E-state index contributed by atoms with van der Waals surface area (Å²) in [6.07, 6.45) is 7.11. The standard InChI is InChI=1S/C19H22N6O2/c1-23-17(12-24-10-7-20-13-24)21-22-18(23)14-5-8-25(9-6-14)19(27)15-3-2-4-16(26)11-15/h2-4,7,10-11,13-14,26H,5-6,8-9,12H2,1H3. The van der Waals surface area contributed by atoms with Crippen LogP contribution in [0.1, 0.15) is 40.8 Å². The minimum atomic E-state index is -0.0388. The Morgan fingerprint density at radius 1 is 1.26 bits per heavy atom. The van der Waals surface area contributed by atoms with Crippen molar-refractivity contribution >= 4 is 5.91 Å². The fourth-order valence-electron chi connectivity index (χ4n) is 3.57. The Bertz CT molecular complexity index is 926. The Balaban J connectivity index is 1.41. The molecule has 8 heteroatoms. The van der Waals surface area contributed by atoms with E-state index in [4.69, 9.17) is 0 Å². The van der Waals surface area contributed by atoms with Crippen LogP contribution in [-0.2, 0) is 13.6 Å². The molecule has 3 heterocycles. The molecule has 0 radical (unpaired) electrons. The van der Waals surface area contributed by atoms with Crippen molar-refractivity contribution in [1.29, 1.82) is 0 Å². The number of amides is 1. The number of aromatic nitrogens is 5. The molecule has 1 aliphatic heterocycles. The molecule has 8 nitrogen and oxygen atoms in total.